The van der Waals surface area contributed by atoms with E-state index in [1.807, 2.05) is 24.3 Å². The number of amides is 1. The number of anilines is 2. The molecule has 0 aliphatic carbocycles. The van der Waals surface area contributed by atoms with Gasteiger partial charge in [-0.2, -0.15) is 4.98 Å². The van der Waals surface area contributed by atoms with Crippen molar-refractivity contribution in [1.82, 2.24) is 20.4 Å². The number of benzene rings is 2. The van der Waals surface area contributed by atoms with E-state index < -0.39 is 0 Å². The average Bonchev–Trinajstić information content (AvgIpc) is 3.41. The predicted molar refractivity (Wildman–Crippen MR) is 133 cm³/mol. The molecule has 3 heterocycles. The van der Waals surface area contributed by atoms with Crippen molar-refractivity contribution in [3.63, 3.8) is 0 Å². The summed E-state index contributed by atoms with van der Waals surface area (Å²) in [6.45, 7) is 6.47. The molecule has 184 valence electrons. The number of rotatable bonds is 7. The highest BCUT2D eigenvalue weighted by Crippen LogP contribution is 2.24. The molecule has 0 atom stereocenters. The number of nitrogens with zero attached hydrogens (tertiary/aromatic N) is 5. The van der Waals surface area contributed by atoms with Crippen LogP contribution >= 0.6 is 0 Å². The zero-order chi connectivity index (χ0) is 24.0. The first-order valence-electron chi connectivity index (χ1n) is 12.4. The van der Waals surface area contributed by atoms with Gasteiger partial charge in [-0.25, -0.2) is 4.39 Å². The Labute approximate surface area is 204 Å². The third kappa shape index (κ3) is 5.62. The van der Waals surface area contributed by atoms with Gasteiger partial charge in [0.15, 0.2) is 0 Å². The normalized spacial score (nSPS) is 16.9. The molecular weight excluding hydrogens is 447 g/mol. The Hall–Kier alpha value is -3.46. The summed E-state index contributed by atoms with van der Waals surface area (Å²) in [6.07, 6.45) is 3.76. The summed E-state index contributed by atoms with van der Waals surface area (Å²) < 4.78 is 19.2. The number of carbonyl (C=O) groups is 1. The number of aromatic nitrogens is 2. The molecule has 0 spiro atoms. The Morgan fingerprint density at radius 1 is 0.914 bits per heavy atom. The molecule has 0 bridgehead atoms. The van der Waals surface area contributed by atoms with Crippen LogP contribution in [0.15, 0.2) is 53.1 Å². The fraction of sp³-hybridized carbons (Fsp3) is 0.423. The summed E-state index contributed by atoms with van der Waals surface area (Å²) in [5.74, 6) is -0.196. The van der Waals surface area contributed by atoms with Crippen LogP contribution in [0.25, 0.3) is 11.4 Å². The third-order valence-electron chi connectivity index (χ3n) is 6.75. The first-order chi connectivity index (χ1) is 17.2. The maximum Gasteiger partial charge on any atom is 0.316 e. The van der Waals surface area contributed by atoms with Crippen LogP contribution in [0.2, 0.25) is 0 Å². The van der Waals surface area contributed by atoms with E-state index in [1.54, 1.807) is 6.07 Å². The number of piperidine rings is 1. The third-order valence-corrected chi connectivity index (χ3v) is 6.75. The lowest BCUT2D eigenvalue weighted by molar-refractivity contribution is 0.0904. The molecule has 8 nitrogen and oxygen atoms in total. The smallest absolute Gasteiger partial charge is 0.316 e. The quantitative estimate of drug-likeness (QED) is 0.558. The van der Waals surface area contributed by atoms with Crippen LogP contribution < -0.4 is 15.1 Å². The van der Waals surface area contributed by atoms with Crippen LogP contribution in [0.5, 0.6) is 0 Å². The Morgan fingerprint density at radius 3 is 2.40 bits per heavy atom. The van der Waals surface area contributed by atoms with Crippen LogP contribution in [0, 0.1) is 5.82 Å². The van der Waals surface area contributed by atoms with Crippen molar-refractivity contribution in [2.45, 2.75) is 19.3 Å². The fourth-order valence-corrected chi connectivity index (χ4v) is 4.73. The van der Waals surface area contributed by atoms with Crippen molar-refractivity contribution in [3.8, 4) is 11.4 Å². The van der Waals surface area contributed by atoms with Gasteiger partial charge in [0.25, 0.3) is 0 Å². The van der Waals surface area contributed by atoms with Crippen molar-refractivity contribution in [2.24, 2.45) is 0 Å². The number of halogens is 1. The van der Waals surface area contributed by atoms with Crippen molar-refractivity contribution >= 4 is 17.3 Å². The van der Waals surface area contributed by atoms with Gasteiger partial charge in [-0.05, 0) is 55.7 Å². The van der Waals surface area contributed by atoms with E-state index in [9.17, 15) is 9.18 Å². The van der Waals surface area contributed by atoms with Crippen LogP contribution in [0.1, 0.15) is 29.9 Å². The molecule has 0 saturated carbocycles. The first-order valence-corrected chi connectivity index (χ1v) is 12.4. The summed E-state index contributed by atoms with van der Waals surface area (Å²) in [5, 5.41) is 6.84. The second-order valence-electron chi connectivity index (χ2n) is 9.05. The second kappa shape index (κ2) is 10.9. The zero-order valence-electron chi connectivity index (χ0n) is 19.8. The van der Waals surface area contributed by atoms with Gasteiger partial charge in [0.05, 0.1) is 5.69 Å². The van der Waals surface area contributed by atoms with Crippen molar-refractivity contribution in [3.05, 3.63) is 60.2 Å². The molecule has 35 heavy (non-hydrogen) atoms. The minimum Gasteiger partial charge on any atom is -0.372 e. The molecule has 2 aromatic carbocycles. The topological polar surface area (TPSA) is 77.7 Å². The summed E-state index contributed by atoms with van der Waals surface area (Å²) in [6, 6.07) is 14.9. The fourth-order valence-electron chi connectivity index (χ4n) is 4.73. The molecule has 2 aliphatic rings. The Balaban J connectivity index is 1.08. The highest BCUT2D eigenvalue weighted by Gasteiger charge is 2.20. The summed E-state index contributed by atoms with van der Waals surface area (Å²) >= 11 is 0. The molecule has 2 saturated heterocycles. The lowest BCUT2D eigenvalue weighted by Gasteiger charge is -2.36. The van der Waals surface area contributed by atoms with Gasteiger partial charge in [0, 0.05) is 63.6 Å². The Bertz CT molecular complexity index is 1120. The van der Waals surface area contributed by atoms with Crippen LogP contribution in [-0.2, 0) is 0 Å². The lowest BCUT2D eigenvalue weighted by atomic mass is 10.1. The molecule has 1 N–H and O–H groups in total. The van der Waals surface area contributed by atoms with Gasteiger partial charge < -0.3 is 19.6 Å². The van der Waals surface area contributed by atoms with Gasteiger partial charge in [-0.15, -0.1) is 0 Å². The molecule has 0 unspecified atom stereocenters. The largest absolute Gasteiger partial charge is 0.372 e. The Kier molecular flexibility index (Phi) is 7.23. The van der Waals surface area contributed by atoms with Gasteiger partial charge in [-0.3, -0.25) is 9.69 Å². The number of nitrogens with one attached hydrogen (secondary N) is 1. The average molecular weight is 479 g/mol. The SMILES string of the molecule is O=C(NCCN1CCN(c2ccccc2F)CC1)c1nc(-c2ccc(N3CCCCC3)cc2)no1. The van der Waals surface area contributed by atoms with Gasteiger partial charge in [0.2, 0.25) is 5.82 Å². The Morgan fingerprint density at radius 2 is 1.66 bits per heavy atom. The second-order valence-corrected chi connectivity index (χ2v) is 9.05. The van der Waals surface area contributed by atoms with Crippen LogP contribution in [0.3, 0.4) is 0 Å². The summed E-state index contributed by atoms with van der Waals surface area (Å²) in [4.78, 5) is 23.5. The lowest BCUT2D eigenvalue weighted by Crippen LogP contribution is -2.48. The summed E-state index contributed by atoms with van der Waals surface area (Å²) in [5.41, 5.74) is 2.67. The molecule has 3 aromatic rings. The minimum atomic E-state index is -0.376. The van der Waals surface area contributed by atoms with E-state index in [0.29, 0.717) is 24.6 Å². The van der Waals surface area contributed by atoms with Crippen molar-refractivity contribution in [2.75, 3.05) is 62.2 Å². The van der Waals surface area contributed by atoms with E-state index in [2.05, 4.69) is 42.3 Å². The molecular formula is C26H31FN6O2. The highest BCUT2D eigenvalue weighted by molar-refractivity contribution is 5.89. The molecule has 1 amide bonds. The van der Waals surface area contributed by atoms with Gasteiger partial charge >= 0.3 is 11.8 Å². The van der Waals surface area contributed by atoms with E-state index in [4.69, 9.17) is 4.52 Å². The zero-order valence-corrected chi connectivity index (χ0v) is 19.8. The number of carbonyl (C=O) groups excluding carboxylic acids is 1. The molecule has 2 fully saturated rings. The van der Waals surface area contributed by atoms with Gasteiger partial charge in [-0.1, -0.05) is 17.3 Å². The van der Waals surface area contributed by atoms with Gasteiger partial charge in [0.1, 0.15) is 5.82 Å². The van der Waals surface area contributed by atoms with Crippen molar-refractivity contribution in [1.29, 1.82) is 0 Å². The predicted octanol–water partition coefficient (Wildman–Crippen LogP) is 3.42. The van der Waals surface area contributed by atoms with E-state index in [0.717, 1.165) is 44.8 Å². The molecule has 2 aliphatic heterocycles. The number of piperazine rings is 1. The minimum absolute atomic E-state index is 0.0375. The van der Waals surface area contributed by atoms with Crippen LogP contribution in [-0.4, -0.2) is 73.3 Å². The van der Waals surface area contributed by atoms with Crippen LogP contribution in [0.4, 0.5) is 15.8 Å². The molecule has 1 aromatic heterocycles. The molecule has 5 rings (SSSR count). The maximum absolute atomic E-state index is 14.0. The monoisotopic (exact) mass is 478 g/mol. The summed E-state index contributed by atoms with van der Waals surface area (Å²) in [7, 11) is 0. The molecule has 9 heteroatoms. The van der Waals surface area contributed by atoms with E-state index >= 15 is 0 Å². The first kappa shape index (κ1) is 23.3. The highest BCUT2D eigenvalue weighted by atomic mass is 19.1. The standard InChI is InChI=1S/C26H31FN6O2/c27-22-6-2-3-7-23(22)33-18-16-31(17-19-33)15-12-28-25(34)26-29-24(30-35-26)20-8-10-21(11-9-20)32-13-4-1-5-14-32/h2-3,6-11H,1,4-5,12-19H2,(H,28,34). The van der Waals surface area contributed by atoms with Crippen molar-refractivity contribution < 1.29 is 13.7 Å². The molecule has 0 radical (unpaired) electrons. The number of hydrogen-bond acceptors (Lipinski definition) is 7. The number of para-hydroxylation sites is 1. The van der Waals surface area contributed by atoms with E-state index in [-0.39, 0.29) is 17.6 Å². The maximum atomic E-state index is 14.0. The van der Waals surface area contributed by atoms with E-state index in [1.165, 1.54) is 31.0 Å². The number of hydrogen-bond donors (Lipinski definition) is 1.